The van der Waals surface area contributed by atoms with E-state index in [2.05, 4.69) is 67.6 Å². The monoisotopic (exact) mass is 321 g/mol. The molecule has 2 heteroatoms. The molecule has 0 amide bonds. The summed E-state index contributed by atoms with van der Waals surface area (Å²) in [4.78, 5) is 0. The van der Waals surface area contributed by atoms with Gasteiger partial charge in [0.25, 0.3) is 0 Å². The van der Waals surface area contributed by atoms with Crippen molar-refractivity contribution in [2.24, 2.45) is 0 Å². The van der Waals surface area contributed by atoms with Gasteiger partial charge in [-0.1, -0.05) is 0 Å². The average Bonchev–Trinajstić information content (AvgIpc) is 2.31. The summed E-state index contributed by atoms with van der Waals surface area (Å²) in [5, 5.41) is 0. The van der Waals surface area contributed by atoms with Crippen molar-refractivity contribution in [3.63, 3.8) is 0 Å². The van der Waals surface area contributed by atoms with Gasteiger partial charge in [0.05, 0.1) is 0 Å². The van der Waals surface area contributed by atoms with Crippen LogP contribution in [0.4, 0.5) is 4.70 Å². The van der Waals surface area contributed by atoms with Crippen LogP contribution in [0.25, 0.3) is 0 Å². The van der Waals surface area contributed by atoms with E-state index in [1.54, 1.807) is 0 Å². The summed E-state index contributed by atoms with van der Waals surface area (Å²) in [6.45, 7) is 2.30. The zero-order chi connectivity index (χ0) is 10.7. The minimum Gasteiger partial charge on any atom is -0.269 e. The summed E-state index contributed by atoms with van der Waals surface area (Å²) in [7, 11) is 0. The topological polar surface area (TPSA) is 0 Å². The van der Waals surface area contributed by atoms with Crippen molar-refractivity contribution < 1.29 is 4.70 Å². The number of hydrogen-bond acceptors (Lipinski definition) is 0. The summed E-state index contributed by atoms with van der Waals surface area (Å²) in [6.07, 6.45) is 0. The normalized spacial score (nSPS) is 10.6. The number of hydrogen-bond donors (Lipinski definition) is 0. The number of rotatable bonds is 2. The molecule has 3 radical (unpaired) electrons. The van der Waals surface area contributed by atoms with Gasteiger partial charge in [-0.3, -0.25) is 4.70 Å². The molecule has 0 aliphatic heterocycles. The van der Waals surface area contributed by atoms with Gasteiger partial charge in [-0.25, -0.2) is 0 Å². The van der Waals surface area contributed by atoms with Crippen LogP contribution in [0.5, 0.6) is 0 Å². The molecule has 0 spiro atoms. The second-order valence-electron chi connectivity index (χ2n) is 3.86. The first-order valence-electron chi connectivity index (χ1n) is 5.07. The Hall–Kier alpha value is -0.831. The minimum absolute atomic E-state index is 0. The van der Waals surface area contributed by atoms with Crippen molar-refractivity contribution in [1.82, 2.24) is 0 Å². The molecule has 2 aromatic rings. The van der Waals surface area contributed by atoms with Crippen LogP contribution in [-0.4, -0.2) is 22.5 Å². The molecule has 0 N–H and O–H groups in total. The van der Waals surface area contributed by atoms with Gasteiger partial charge >= 0.3 is 105 Å². The minimum atomic E-state index is 0. The van der Waals surface area contributed by atoms with E-state index in [1.807, 2.05) is 0 Å². The maximum atomic E-state index is 2.30. The molecule has 0 aliphatic rings. The molecular formula is C14H14FSn. The van der Waals surface area contributed by atoms with Crippen LogP contribution in [0.2, 0.25) is 0 Å². The van der Waals surface area contributed by atoms with Crippen molar-refractivity contribution in [3.8, 4) is 0 Å². The predicted octanol–water partition coefficient (Wildman–Crippen LogP) is 3.27. The first-order chi connectivity index (χ1) is 7.21. The van der Waals surface area contributed by atoms with Crippen molar-refractivity contribution >= 4 is 22.5 Å². The van der Waals surface area contributed by atoms with Gasteiger partial charge in [-0.05, 0) is 0 Å². The summed E-state index contributed by atoms with van der Waals surface area (Å²) < 4.78 is 0.176. The van der Waals surface area contributed by atoms with Gasteiger partial charge in [-0.2, -0.15) is 0 Å². The Morgan fingerprint density at radius 3 is 1.38 bits per heavy atom. The standard InChI is InChI=1S/C14H13.FH.Sn/c1-12(13-8-4-2-5-9-13)14-10-6-3-7-11-14;;/h2-11H,1H3;1H;. The molecule has 2 rings (SSSR count). The van der Waals surface area contributed by atoms with Crippen molar-refractivity contribution in [1.29, 1.82) is 0 Å². The van der Waals surface area contributed by atoms with Crippen LogP contribution in [0.1, 0.15) is 18.1 Å². The molecule has 0 aromatic heterocycles. The molecule has 0 unspecified atom stereocenters. The van der Waals surface area contributed by atoms with Crippen LogP contribution >= 0.6 is 0 Å². The maximum absolute atomic E-state index is 2.30. The van der Waals surface area contributed by atoms with Crippen molar-refractivity contribution in [2.75, 3.05) is 0 Å². The fourth-order valence-electron chi connectivity index (χ4n) is 1.71. The van der Waals surface area contributed by atoms with Crippen molar-refractivity contribution in [2.45, 2.75) is 10.4 Å². The largest absolute Gasteiger partial charge is 0.269 e. The molecule has 0 fully saturated rings. The Labute approximate surface area is 109 Å². The Morgan fingerprint density at radius 1 is 0.750 bits per heavy atom. The maximum Gasteiger partial charge on any atom is -0.269 e. The molecule has 0 saturated carbocycles. The molecule has 2 aromatic carbocycles. The molecule has 0 nitrogen and oxygen atoms in total. The number of halogens is 1. The first kappa shape index (κ1) is 13.2. The van der Waals surface area contributed by atoms with Gasteiger partial charge < -0.3 is 0 Å². The van der Waals surface area contributed by atoms with Gasteiger partial charge in [0.15, 0.2) is 0 Å². The summed E-state index contributed by atoms with van der Waals surface area (Å²) in [5.41, 5.74) is 2.80. The molecule has 0 bridgehead atoms. The van der Waals surface area contributed by atoms with E-state index in [1.165, 1.54) is 33.7 Å². The van der Waals surface area contributed by atoms with E-state index in [9.17, 15) is 0 Å². The van der Waals surface area contributed by atoms with E-state index in [0.29, 0.717) is 0 Å². The second kappa shape index (κ2) is 5.48. The fraction of sp³-hybridized carbons (Fsp3) is 0.143. The molecule has 81 valence electrons. The predicted molar refractivity (Wildman–Crippen MR) is 67.6 cm³/mol. The van der Waals surface area contributed by atoms with Gasteiger partial charge in [0.1, 0.15) is 0 Å². The molecule has 0 atom stereocenters. The van der Waals surface area contributed by atoms with Crippen LogP contribution in [0.15, 0.2) is 60.7 Å². The Bertz CT molecular complexity index is 382. The van der Waals surface area contributed by atoms with Crippen LogP contribution < -0.4 is 0 Å². The fourth-order valence-corrected chi connectivity index (χ4v) is 2.66. The third-order valence-electron chi connectivity index (χ3n) is 2.70. The van der Waals surface area contributed by atoms with Crippen LogP contribution in [0, 0.1) is 0 Å². The van der Waals surface area contributed by atoms with Gasteiger partial charge in [0, 0.05) is 0 Å². The summed E-state index contributed by atoms with van der Waals surface area (Å²) in [6, 6.07) is 21.4. The van der Waals surface area contributed by atoms with E-state index < -0.39 is 0 Å². The molecular weight excluding hydrogens is 306 g/mol. The second-order valence-corrected chi connectivity index (χ2v) is 6.71. The summed E-state index contributed by atoms with van der Waals surface area (Å²) >= 11 is 1.52. The summed E-state index contributed by atoms with van der Waals surface area (Å²) in [5.74, 6) is 0. The van der Waals surface area contributed by atoms with Crippen molar-refractivity contribution in [3.05, 3.63) is 71.8 Å². The number of benzene rings is 2. The third-order valence-corrected chi connectivity index (χ3v) is 4.35. The van der Waals surface area contributed by atoms with Gasteiger partial charge in [-0.15, -0.1) is 0 Å². The van der Waals surface area contributed by atoms with E-state index in [-0.39, 0.29) is 8.14 Å². The first-order valence-corrected chi connectivity index (χ1v) is 6.50. The molecule has 0 aliphatic carbocycles. The van der Waals surface area contributed by atoms with E-state index >= 15 is 0 Å². The van der Waals surface area contributed by atoms with E-state index in [0.717, 1.165) is 0 Å². The zero-order valence-corrected chi connectivity index (χ0v) is 12.0. The van der Waals surface area contributed by atoms with Crippen LogP contribution in [0.3, 0.4) is 0 Å². The van der Waals surface area contributed by atoms with Crippen LogP contribution in [-0.2, 0) is 3.43 Å². The Balaban J connectivity index is 0.00000128. The Morgan fingerprint density at radius 2 is 1.06 bits per heavy atom. The molecule has 0 heterocycles. The molecule has 0 saturated heterocycles. The zero-order valence-electron chi connectivity index (χ0n) is 9.18. The average molecular weight is 320 g/mol. The molecule has 16 heavy (non-hydrogen) atoms. The third kappa shape index (κ3) is 2.64. The smallest absolute Gasteiger partial charge is 0.269 e. The quantitative estimate of drug-likeness (QED) is 0.745. The Kier molecular flexibility index (Phi) is 4.54. The van der Waals surface area contributed by atoms with E-state index in [4.69, 9.17) is 0 Å². The SMILES string of the molecule is C[C]([Sn])(c1ccccc1)c1ccccc1.F. The van der Waals surface area contributed by atoms with Gasteiger partial charge in [0.2, 0.25) is 0 Å².